The lowest BCUT2D eigenvalue weighted by molar-refractivity contribution is 0.430. The van der Waals surface area contributed by atoms with Crippen molar-refractivity contribution in [2.45, 2.75) is 18.5 Å². The van der Waals surface area contributed by atoms with Crippen LogP contribution in [0.3, 0.4) is 0 Å². The standard InChI is InChI=1S/C17H14ClFN4/c18-13-5-1-12(2-6-13)16-9-15(11-3-7-14(19)8-4-11)22-17-20-10-21-23(16)17/h1-8,10,15-16H,9H2,(H,20,21,22)/t15-,16+/m1/s1. The first kappa shape index (κ1) is 14.2. The normalized spacial score (nSPS) is 19.9. The van der Waals surface area contributed by atoms with Crippen LogP contribution in [-0.4, -0.2) is 14.8 Å². The topological polar surface area (TPSA) is 42.7 Å². The molecule has 0 bridgehead atoms. The largest absolute Gasteiger partial charge is 0.348 e. The van der Waals surface area contributed by atoms with E-state index in [9.17, 15) is 4.39 Å². The first-order chi connectivity index (χ1) is 11.2. The highest BCUT2D eigenvalue weighted by atomic mass is 35.5. The molecular formula is C17H14ClFN4. The minimum atomic E-state index is -0.234. The van der Waals surface area contributed by atoms with Gasteiger partial charge in [-0.15, -0.1) is 0 Å². The van der Waals surface area contributed by atoms with Crippen LogP contribution < -0.4 is 5.32 Å². The second kappa shape index (κ2) is 5.66. The summed E-state index contributed by atoms with van der Waals surface area (Å²) in [4.78, 5) is 4.28. The van der Waals surface area contributed by atoms with E-state index in [-0.39, 0.29) is 17.9 Å². The van der Waals surface area contributed by atoms with E-state index in [1.54, 1.807) is 12.1 Å². The summed E-state index contributed by atoms with van der Waals surface area (Å²) in [6, 6.07) is 14.4. The molecule has 0 saturated carbocycles. The van der Waals surface area contributed by atoms with Gasteiger partial charge in [-0.05, 0) is 41.8 Å². The van der Waals surface area contributed by atoms with Crippen molar-refractivity contribution in [3.05, 3.63) is 76.8 Å². The molecule has 116 valence electrons. The number of fused-ring (bicyclic) bond motifs is 1. The van der Waals surface area contributed by atoms with Crippen molar-refractivity contribution in [3.63, 3.8) is 0 Å². The Labute approximate surface area is 137 Å². The zero-order valence-electron chi connectivity index (χ0n) is 12.2. The van der Waals surface area contributed by atoms with Crippen LogP contribution in [0, 0.1) is 5.82 Å². The van der Waals surface area contributed by atoms with Gasteiger partial charge >= 0.3 is 0 Å². The maximum absolute atomic E-state index is 13.2. The molecule has 3 aromatic rings. The molecule has 4 rings (SSSR count). The number of halogens is 2. The van der Waals surface area contributed by atoms with Gasteiger partial charge in [0.15, 0.2) is 0 Å². The minimum Gasteiger partial charge on any atom is -0.348 e. The Kier molecular flexibility index (Phi) is 3.50. The smallest absolute Gasteiger partial charge is 0.222 e. The molecule has 2 heterocycles. The van der Waals surface area contributed by atoms with Gasteiger partial charge in [0.25, 0.3) is 0 Å². The highest BCUT2D eigenvalue weighted by Gasteiger charge is 2.29. The molecule has 0 unspecified atom stereocenters. The molecule has 23 heavy (non-hydrogen) atoms. The molecule has 0 radical (unpaired) electrons. The van der Waals surface area contributed by atoms with Crippen molar-refractivity contribution in [2.75, 3.05) is 5.32 Å². The third-order valence-corrected chi connectivity index (χ3v) is 4.41. The van der Waals surface area contributed by atoms with E-state index in [1.165, 1.54) is 18.5 Å². The van der Waals surface area contributed by atoms with Crippen LogP contribution in [0.2, 0.25) is 5.02 Å². The predicted octanol–water partition coefficient (Wildman–Crippen LogP) is 4.22. The van der Waals surface area contributed by atoms with E-state index in [0.717, 1.165) is 17.5 Å². The quantitative estimate of drug-likeness (QED) is 0.766. The zero-order chi connectivity index (χ0) is 15.8. The van der Waals surface area contributed by atoms with E-state index in [1.807, 2.05) is 28.9 Å². The summed E-state index contributed by atoms with van der Waals surface area (Å²) in [5.74, 6) is 0.479. The number of nitrogens with zero attached hydrogens (tertiary/aromatic N) is 3. The lowest BCUT2D eigenvalue weighted by Crippen LogP contribution is -2.28. The molecule has 1 N–H and O–H groups in total. The second-order valence-electron chi connectivity index (χ2n) is 5.58. The molecule has 0 amide bonds. The second-order valence-corrected chi connectivity index (χ2v) is 6.02. The van der Waals surface area contributed by atoms with E-state index in [2.05, 4.69) is 15.4 Å². The average molecular weight is 329 g/mol. The van der Waals surface area contributed by atoms with Crippen molar-refractivity contribution >= 4 is 17.5 Å². The van der Waals surface area contributed by atoms with Crippen LogP contribution in [0.15, 0.2) is 54.9 Å². The SMILES string of the molecule is Fc1ccc([C@H]2C[C@@H](c3ccc(Cl)cc3)n3ncnc3N2)cc1. The van der Waals surface area contributed by atoms with Gasteiger partial charge < -0.3 is 5.32 Å². The van der Waals surface area contributed by atoms with Crippen molar-refractivity contribution < 1.29 is 4.39 Å². The molecule has 1 aromatic heterocycles. The fraction of sp³-hybridized carbons (Fsp3) is 0.176. The molecule has 6 heteroatoms. The number of nitrogens with one attached hydrogen (secondary N) is 1. The predicted molar refractivity (Wildman–Crippen MR) is 87.0 cm³/mol. The van der Waals surface area contributed by atoms with Gasteiger partial charge in [0.2, 0.25) is 5.95 Å². The Morgan fingerprint density at radius 1 is 1.04 bits per heavy atom. The number of hydrogen-bond acceptors (Lipinski definition) is 3. The summed E-state index contributed by atoms with van der Waals surface area (Å²) in [7, 11) is 0. The third kappa shape index (κ3) is 2.68. The number of rotatable bonds is 2. The molecule has 0 aliphatic carbocycles. The Bertz CT molecular complexity index is 813. The lowest BCUT2D eigenvalue weighted by Gasteiger charge is -2.31. The summed E-state index contributed by atoms with van der Waals surface area (Å²) in [5, 5.41) is 8.40. The fourth-order valence-electron chi connectivity index (χ4n) is 3.00. The van der Waals surface area contributed by atoms with Crippen molar-refractivity contribution in [1.82, 2.24) is 14.8 Å². The molecule has 0 saturated heterocycles. The van der Waals surface area contributed by atoms with Crippen LogP contribution in [0.25, 0.3) is 0 Å². The first-order valence-corrected chi connectivity index (χ1v) is 7.75. The summed E-state index contributed by atoms with van der Waals surface area (Å²) in [5.41, 5.74) is 2.15. The Morgan fingerprint density at radius 2 is 1.74 bits per heavy atom. The summed E-state index contributed by atoms with van der Waals surface area (Å²) in [6.07, 6.45) is 2.34. The fourth-order valence-corrected chi connectivity index (χ4v) is 3.12. The minimum absolute atomic E-state index is 0.0491. The highest BCUT2D eigenvalue weighted by Crippen LogP contribution is 2.37. The van der Waals surface area contributed by atoms with Crippen molar-refractivity contribution in [2.24, 2.45) is 0 Å². The van der Waals surface area contributed by atoms with Crippen LogP contribution in [0.4, 0.5) is 10.3 Å². The van der Waals surface area contributed by atoms with Gasteiger partial charge in [-0.25, -0.2) is 9.07 Å². The van der Waals surface area contributed by atoms with Crippen molar-refractivity contribution in [3.8, 4) is 0 Å². The van der Waals surface area contributed by atoms with E-state index >= 15 is 0 Å². The first-order valence-electron chi connectivity index (χ1n) is 7.38. The number of aromatic nitrogens is 3. The molecule has 2 aromatic carbocycles. The van der Waals surface area contributed by atoms with E-state index in [4.69, 9.17) is 11.6 Å². The van der Waals surface area contributed by atoms with Crippen LogP contribution in [-0.2, 0) is 0 Å². The number of hydrogen-bond donors (Lipinski definition) is 1. The zero-order valence-corrected chi connectivity index (χ0v) is 12.9. The maximum atomic E-state index is 13.2. The summed E-state index contributed by atoms with van der Waals surface area (Å²) < 4.78 is 15.0. The third-order valence-electron chi connectivity index (χ3n) is 4.16. The summed E-state index contributed by atoms with van der Waals surface area (Å²) in [6.45, 7) is 0. The molecule has 2 atom stereocenters. The summed E-state index contributed by atoms with van der Waals surface area (Å²) >= 11 is 5.99. The molecule has 4 nitrogen and oxygen atoms in total. The highest BCUT2D eigenvalue weighted by molar-refractivity contribution is 6.30. The van der Waals surface area contributed by atoms with Gasteiger partial charge in [-0.2, -0.15) is 10.1 Å². The monoisotopic (exact) mass is 328 g/mol. The number of anilines is 1. The average Bonchev–Trinajstić information content (AvgIpc) is 3.04. The van der Waals surface area contributed by atoms with E-state index < -0.39 is 0 Å². The van der Waals surface area contributed by atoms with Crippen LogP contribution in [0.5, 0.6) is 0 Å². The molecule has 0 fully saturated rings. The van der Waals surface area contributed by atoms with Crippen molar-refractivity contribution in [1.29, 1.82) is 0 Å². The Morgan fingerprint density at radius 3 is 2.48 bits per heavy atom. The van der Waals surface area contributed by atoms with Gasteiger partial charge in [-0.1, -0.05) is 35.9 Å². The number of benzene rings is 2. The molecule has 0 spiro atoms. The van der Waals surface area contributed by atoms with Gasteiger partial charge in [0.05, 0.1) is 12.1 Å². The van der Waals surface area contributed by atoms with Gasteiger partial charge in [0.1, 0.15) is 12.1 Å². The van der Waals surface area contributed by atoms with Crippen LogP contribution >= 0.6 is 11.6 Å². The van der Waals surface area contributed by atoms with Gasteiger partial charge in [0, 0.05) is 5.02 Å². The lowest BCUT2D eigenvalue weighted by atomic mass is 9.93. The Balaban J connectivity index is 1.71. The van der Waals surface area contributed by atoms with Crippen LogP contribution in [0.1, 0.15) is 29.6 Å². The molecular weight excluding hydrogens is 315 g/mol. The van der Waals surface area contributed by atoms with Gasteiger partial charge in [-0.3, -0.25) is 0 Å². The maximum Gasteiger partial charge on any atom is 0.222 e. The molecule has 1 aliphatic rings. The Hall–Kier alpha value is -2.40. The van der Waals surface area contributed by atoms with E-state index in [0.29, 0.717) is 11.0 Å². The molecule has 1 aliphatic heterocycles.